The largest absolute Gasteiger partial charge is 0.494 e. The number of benzene rings is 2. The number of carbonyl (C=O) groups is 2. The molecular formula is C24H29Cl2N3O6. The summed E-state index contributed by atoms with van der Waals surface area (Å²) < 4.78 is 22.3. The standard InChI is InChI=1S/C24H29Cl2N3O6/c1-6-32-16-12-17(26)22(34-8-3)18(13-16)27-24(31)21(14(5)30)29-28-19-10-15(25)11-20(33-7-2)23(19)35-9-4/h10-13,21H,6-9H2,1-5H3,(H,27,31). The number of carbonyl (C=O) groups excluding carboxylic acids is 2. The maximum atomic E-state index is 13.1. The van der Waals surface area contributed by atoms with E-state index >= 15 is 0 Å². The van der Waals surface area contributed by atoms with Gasteiger partial charge in [0.2, 0.25) is 6.04 Å². The van der Waals surface area contributed by atoms with Gasteiger partial charge in [0.1, 0.15) is 11.4 Å². The smallest absolute Gasteiger partial charge is 0.258 e. The Balaban J connectivity index is 2.42. The molecule has 2 rings (SSSR count). The van der Waals surface area contributed by atoms with Crippen LogP contribution in [0, 0.1) is 0 Å². The normalized spacial score (nSPS) is 11.7. The molecule has 0 radical (unpaired) electrons. The van der Waals surface area contributed by atoms with Crippen molar-refractivity contribution in [1.29, 1.82) is 0 Å². The summed E-state index contributed by atoms with van der Waals surface area (Å²) in [7, 11) is 0. The van der Waals surface area contributed by atoms with Crippen LogP contribution in [-0.2, 0) is 9.59 Å². The quantitative estimate of drug-likeness (QED) is 0.244. The van der Waals surface area contributed by atoms with Gasteiger partial charge in [0.25, 0.3) is 5.91 Å². The van der Waals surface area contributed by atoms with Crippen molar-refractivity contribution in [2.45, 2.75) is 40.7 Å². The minimum atomic E-state index is -1.46. The summed E-state index contributed by atoms with van der Waals surface area (Å²) in [6.07, 6.45) is 0. The number of nitrogens with one attached hydrogen (secondary N) is 1. The molecule has 0 aliphatic heterocycles. The average Bonchev–Trinajstić information content (AvgIpc) is 2.78. The molecule has 0 aliphatic carbocycles. The van der Waals surface area contributed by atoms with E-state index in [1.165, 1.54) is 13.0 Å². The van der Waals surface area contributed by atoms with E-state index in [9.17, 15) is 9.59 Å². The third-order valence-electron chi connectivity index (χ3n) is 4.38. The van der Waals surface area contributed by atoms with E-state index < -0.39 is 17.7 Å². The van der Waals surface area contributed by atoms with Crippen molar-refractivity contribution in [1.82, 2.24) is 0 Å². The lowest BCUT2D eigenvalue weighted by Crippen LogP contribution is -2.32. The Kier molecular flexibility index (Phi) is 11.1. The lowest BCUT2D eigenvalue weighted by molar-refractivity contribution is -0.126. The number of ketones is 1. The molecule has 1 unspecified atom stereocenters. The van der Waals surface area contributed by atoms with E-state index in [0.29, 0.717) is 48.7 Å². The summed E-state index contributed by atoms with van der Waals surface area (Å²) in [4.78, 5) is 25.4. The van der Waals surface area contributed by atoms with Crippen LogP contribution in [-0.4, -0.2) is 44.2 Å². The van der Waals surface area contributed by atoms with Crippen molar-refractivity contribution < 1.29 is 28.5 Å². The maximum Gasteiger partial charge on any atom is 0.258 e. The highest BCUT2D eigenvalue weighted by Crippen LogP contribution is 2.41. The molecule has 1 atom stereocenters. The molecule has 0 aliphatic rings. The van der Waals surface area contributed by atoms with Gasteiger partial charge < -0.3 is 24.3 Å². The SMILES string of the molecule is CCOc1cc(Cl)c(OCC)c(NC(=O)C(N=Nc2cc(Cl)cc(OCC)c2OCC)C(C)=O)c1. The lowest BCUT2D eigenvalue weighted by atomic mass is 10.2. The number of hydrogen-bond donors (Lipinski definition) is 1. The van der Waals surface area contributed by atoms with Crippen LogP contribution in [0.1, 0.15) is 34.6 Å². The van der Waals surface area contributed by atoms with Crippen molar-refractivity contribution in [3.8, 4) is 23.0 Å². The Labute approximate surface area is 214 Å². The fourth-order valence-electron chi connectivity index (χ4n) is 3.02. The molecule has 2 aromatic carbocycles. The molecule has 0 fully saturated rings. The molecular weight excluding hydrogens is 497 g/mol. The summed E-state index contributed by atoms with van der Waals surface area (Å²) in [5.41, 5.74) is 0.462. The van der Waals surface area contributed by atoms with Gasteiger partial charge in [0.05, 0.1) is 37.1 Å². The van der Waals surface area contributed by atoms with E-state index in [1.54, 1.807) is 32.0 Å². The molecule has 0 saturated carbocycles. The van der Waals surface area contributed by atoms with Gasteiger partial charge in [-0.2, -0.15) is 10.2 Å². The molecule has 0 heterocycles. The van der Waals surface area contributed by atoms with Gasteiger partial charge in [0.15, 0.2) is 23.0 Å². The highest BCUT2D eigenvalue weighted by Gasteiger charge is 2.26. The van der Waals surface area contributed by atoms with Gasteiger partial charge in [-0.1, -0.05) is 23.2 Å². The monoisotopic (exact) mass is 525 g/mol. The van der Waals surface area contributed by atoms with Crippen molar-refractivity contribution in [2.75, 3.05) is 31.7 Å². The highest BCUT2D eigenvalue weighted by molar-refractivity contribution is 6.33. The summed E-state index contributed by atoms with van der Waals surface area (Å²) in [5.74, 6) is 0.114. The van der Waals surface area contributed by atoms with Crippen LogP contribution in [0.5, 0.6) is 23.0 Å². The summed E-state index contributed by atoms with van der Waals surface area (Å²) >= 11 is 12.5. The van der Waals surface area contributed by atoms with Gasteiger partial charge in [-0.05, 0) is 40.7 Å². The van der Waals surface area contributed by atoms with E-state index in [2.05, 4.69) is 15.5 Å². The number of amides is 1. The van der Waals surface area contributed by atoms with Gasteiger partial charge >= 0.3 is 0 Å². The third-order valence-corrected chi connectivity index (χ3v) is 4.88. The van der Waals surface area contributed by atoms with Crippen LogP contribution in [0.3, 0.4) is 0 Å². The number of anilines is 1. The van der Waals surface area contributed by atoms with Crippen LogP contribution in [0.4, 0.5) is 11.4 Å². The fraction of sp³-hybridized carbons (Fsp3) is 0.417. The van der Waals surface area contributed by atoms with Crippen LogP contribution in [0.15, 0.2) is 34.5 Å². The first-order chi connectivity index (χ1) is 16.7. The third kappa shape index (κ3) is 7.73. The molecule has 2 aromatic rings. The molecule has 1 N–H and O–H groups in total. The van der Waals surface area contributed by atoms with Gasteiger partial charge in [-0.3, -0.25) is 9.59 Å². The summed E-state index contributed by atoms with van der Waals surface area (Å²) in [5, 5.41) is 11.3. The van der Waals surface area contributed by atoms with Gasteiger partial charge in [0, 0.05) is 23.2 Å². The zero-order chi connectivity index (χ0) is 26.0. The second-order valence-electron chi connectivity index (χ2n) is 6.98. The number of Topliss-reactive ketones (excluding diaryl/α,β-unsaturated/α-hetero) is 1. The lowest BCUT2D eigenvalue weighted by Gasteiger charge is -2.16. The fourth-order valence-corrected chi connectivity index (χ4v) is 3.49. The Morgan fingerprint density at radius 1 is 0.886 bits per heavy atom. The van der Waals surface area contributed by atoms with E-state index in [1.807, 2.05) is 13.8 Å². The van der Waals surface area contributed by atoms with Crippen LogP contribution < -0.4 is 24.3 Å². The van der Waals surface area contributed by atoms with Crippen molar-refractivity contribution in [3.05, 3.63) is 34.3 Å². The Morgan fingerprint density at radius 3 is 2.11 bits per heavy atom. The van der Waals surface area contributed by atoms with Crippen LogP contribution >= 0.6 is 23.2 Å². The molecule has 0 spiro atoms. The van der Waals surface area contributed by atoms with Gasteiger partial charge in [-0.15, -0.1) is 0 Å². The second kappa shape index (κ2) is 13.7. The minimum Gasteiger partial charge on any atom is -0.494 e. The predicted molar refractivity (Wildman–Crippen MR) is 135 cm³/mol. The number of azo groups is 1. The number of rotatable bonds is 13. The Morgan fingerprint density at radius 2 is 1.51 bits per heavy atom. The molecule has 11 heteroatoms. The van der Waals surface area contributed by atoms with Crippen LogP contribution in [0.25, 0.3) is 0 Å². The number of halogens is 2. The second-order valence-corrected chi connectivity index (χ2v) is 7.83. The first-order valence-electron chi connectivity index (χ1n) is 11.2. The molecule has 0 saturated heterocycles. The zero-order valence-corrected chi connectivity index (χ0v) is 21.8. The first-order valence-corrected chi connectivity index (χ1v) is 11.9. The summed E-state index contributed by atoms with van der Waals surface area (Å²) in [6, 6.07) is 4.78. The summed E-state index contributed by atoms with van der Waals surface area (Å²) in [6.45, 7) is 9.87. The zero-order valence-electron chi connectivity index (χ0n) is 20.3. The van der Waals surface area contributed by atoms with Crippen LogP contribution in [0.2, 0.25) is 10.0 Å². The minimum absolute atomic E-state index is 0.221. The predicted octanol–water partition coefficient (Wildman–Crippen LogP) is 6.27. The number of hydrogen-bond acceptors (Lipinski definition) is 8. The first kappa shape index (κ1) is 28.2. The van der Waals surface area contributed by atoms with Crippen molar-refractivity contribution in [2.24, 2.45) is 10.2 Å². The van der Waals surface area contributed by atoms with Crippen molar-refractivity contribution in [3.63, 3.8) is 0 Å². The molecule has 0 aromatic heterocycles. The maximum absolute atomic E-state index is 13.1. The number of ether oxygens (including phenoxy) is 4. The van der Waals surface area contributed by atoms with Gasteiger partial charge in [-0.25, -0.2) is 0 Å². The number of nitrogens with zero attached hydrogens (tertiary/aromatic N) is 2. The topological polar surface area (TPSA) is 108 Å². The van der Waals surface area contributed by atoms with E-state index in [4.69, 9.17) is 42.1 Å². The van der Waals surface area contributed by atoms with Crippen molar-refractivity contribution >= 4 is 46.3 Å². The average molecular weight is 526 g/mol. The Bertz CT molecular complexity index is 1080. The Hall–Kier alpha value is -3.04. The molecule has 1 amide bonds. The molecule has 190 valence electrons. The highest BCUT2D eigenvalue weighted by atomic mass is 35.5. The van der Waals surface area contributed by atoms with E-state index in [-0.39, 0.29) is 22.1 Å². The molecule has 9 nitrogen and oxygen atoms in total. The van der Waals surface area contributed by atoms with E-state index in [0.717, 1.165) is 0 Å². The molecule has 35 heavy (non-hydrogen) atoms. The molecule has 0 bridgehead atoms.